The SMILES string of the molecule is CCNC(=NCc1ccsc1)NCCC(OCC)C(C)C.I. The summed E-state index contributed by atoms with van der Waals surface area (Å²) in [6.07, 6.45) is 1.30. The summed E-state index contributed by atoms with van der Waals surface area (Å²) in [7, 11) is 0. The summed E-state index contributed by atoms with van der Waals surface area (Å²) in [6, 6.07) is 2.11. The second-order valence-electron chi connectivity index (χ2n) is 5.28. The molecule has 0 aromatic carbocycles. The van der Waals surface area contributed by atoms with Gasteiger partial charge in [-0.1, -0.05) is 13.8 Å². The fraction of sp³-hybridized carbons (Fsp3) is 0.688. The van der Waals surface area contributed by atoms with E-state index in [-0.39, 0.29) is 24.0 Å². The van der Waals surface area contributed by atoms with Crippen LogP contribution in [0.3, 0.4) is 0 Å². The first-order chi connectivity index (χ1) is 10.2. The van der Waals surface area contributed by atoms with Crippen molar-refractivity contribution in [1.82, 2.24) is 10.6 Å². The lowest BCUT2D eigenvalue weighted by atomic mass is 10.0. The molecule has 1 rings (SSSR count). The van der Waals surface area contributed by atoms with E-state index in [0.29, 0.717) is 12.0 Å². The zero-order valence-corrected chi connectivity index (χ0v) is 17.2. The molecule has 4 nitrogen and oxygen atoms in total. The van der Waals surface area contributed by atoms with Crippen LogP contribution in [0.1, 0.15) is 39.7 Å². The first-order valence-electron chi connectivity index (χ1n) is 7.82. The zero-order chi connectivity index (χ0) is 15.5. The van der Waals surface area contributed by atoms with E-state index < -0.39 is 0 Å². The average molecular weight is 439 g/mol. The molecule has 0 amide bonds. The van der Waals surface area contributed by atoms with Gasteiger partial charge in [-0.2, -0.15) is 11.3 Å². The maximum atomic E-state index is 5.77. The van der Waals surface area contributed by atoms with Crippen LogP contribution in [0.25, 0.3) is 0 Å². The van der Waals surface area contributed by atoms with Crippen LogP contribution in [-0.2, 0) is 11.3 Å². The number of thiophene rings is 1. The first kappa shape index (κ1) is 21.7. The van der Waals surface area contributed by atoms with Gasteiger partial charge in [-0.3, -0.25) is 0 Å². The summed E-state index contributed by atoms with van der Waals surface area (Å²) >= 11 is 1.71. The molecule has 0 aliphatic heterocycles. The molecule has 1 unspecified atom stereocenters. The third-order valence-electron chi connectivity index (χ3n) is 3.19. The molecule has 2 N–H and O–H groups in total. The number of hydrogen-bond acceptors (Lipinski definition) is 3. The minimum atomic E-state index is 0. The molecular formula is C16H30IN3OS. The highest BCUT2D eigenvalue weighted by Gasteiger charge is 2.12. The minimum Gasteiger partial charge on any atom is -0.378 e. The van der Waals surface area contributed by atoms with Crippen molar-refractivity contribution in [2.75, 3.05) is 19.7 Å². The number of rotatable bonds is 9. The summed E-state index contributed by atoms with van der Waals surface area (Å²) < 4.78 is 5.77. The Kier molecular flexibility index (Phi) is 12.9. The quantitative estimate of drug-likeness (QED) is 0.349. The molecule has 6 heteroatoms. The second kappa shape index (κ2) is 13.1. The molecule has 1 atom stereocenters. The van der Waals surface area contributed by atoms with E-state index in [0.717, 1.165) is 38.6 Å². The molecule has 0 fully saturated rings. The van der Waals surface area contributed by atoms with Crippen molar-refractivity contribution in [2.45, 2.75) is 46.8 Å². The van der Waals surface area contributed by atoms with E-state index in [1.807, 2.05) is 0 Å². The predicted molar refractivity (Wildman–Crippen MR) is 107 cm³/mol. The third kappa shape index (κ3) is 8.95. The van der Waals surface area contributed by atoms with Gasteiger partial charge in [0.2, 0.25) is 0 Å². The highest BCUT2D eigenvalue weighted by molar-refractivity contribution is 14.0. The van der Waals surface area contributed by atoms with Crippen molar-refractivity contribution in [3.8, 4) is 0 Å². The smallest absolute Gasteiger partial charge is 0.191 e. The predicted octanol–water partition coefficient (Wildman–Crippen LogP) is 3.87. The lowest BCUT2D eigenvalue weighted by Gasteiger charge is -2.21. The number of nitrogens with zero attached hydrogens (tertiary/aromatic N) is 1. The van der Waals surface area contributed by atoms with Crippen LogP contribution in [0.15, 0.2) is 21.8 Å². The van der Waals surface area contributed by atoms with Gasteiger partial charge in [-0.25, -0.2) is 4.99 Å². The number of hydrogen-bond donors (Lipinski definition) is 2. The maximum Gasteiger partial charge on any atom is 0.191 e. The average Bonchev–Trinajstić information content (AvgIpc) is 2.96. The summed E-state index contributed by atoms with van der Waals surface area (Å²) in [5, 5.41) is 10.9. The lowest BCUT2D eigenvalue weighted by Crippen LogP contribution is -2.39. The molecule has 0 aliphatic rings. The minimum absolute atomic E-state index is 0. The van der Waals surface area contributed by atoms with Gasteiger partial charge < -0.3 is 15.4 Å². The van der Waals surface area contributed by atoms with Crippen LogP contribution in [0.5, 0.6) is 0 Å². The molecule has 0 radical (unpaired) electrons. The highest BCUT2D eigenvalue weighted by Crippen LogP contribution is 2.10. The van der Waals surface area contributed by atoms with Crippen LogP contribution in [0.2, 0.25) is 0 Å². The molecule has 128 valence electrons. The van der Waals surface area contributed by atoms with Crippen molar-refractivity contribution in [3.05, 3.63) is 22.4 Å². The molecule has 0 spiro atoms. The second-order valence-corrected chi connectivity index (χ2v) is 6.06. The van der Waals surface area contributed by atoms with E-state index >= 15 is 0 Å². The maximum absolute atomic E-state index is 5.77. The fourth-order valence-electron chi connectivity index (χ4n) is 2.05. The molecule has 0 saturated carbocycles. The Hall–Kier alpha value is -0.340. The monoisotopic (exact) mass is 439 g/mol. The van der Waals surface area contributed by atoms with Crippen LogP contribution < -0.4 is 10.6 Å². The number of aliphatic imine (C=N–C) groups is 1. The van der Waals surface area contributed by atoms with Gasteiger partial charge in [0.05, 0.1) is 12.6 Å². The number of halogens is 1. The molecule has 1 heterocycles. The molecule has 0 aliphatic carbocycles. The van der Waals surface area contributed by atoms with E-state index in [2.05, 4.69) is 60.1 Å². The Labute approximate surface area is 156 Å². The van der Waals surface area contributed by atoms with Gasteiger partial charge >= 0.3 is 0 Å². The van der Waals surface area contributed by atoms with Crippen molar-refractivity contribution in [3.63, 3.8) is 0 Å². The lowest BCUT2D eigenvalue weighted by molar-refractivity contribution is 0.0258. The molecule has 1 aromatic rings. The summed E-state index contributed by atoms with van der Waals surface area (Å²) in [6.45, 7) is 11.8. The topological polar surface area (TPSA) is 45.7 Å². The number of ether oxygens (including phenoxy) is 1. The van der Waals surface area contributed by atoms with Gasteiger partial charge in [-0.15, -0.1) is 24.0 Å². The van der Waals surface area contributed by atoms with Crippen molar-refractivity contribution < 1.29 is 4.74 Å². The van der Waals surface area contributed by atoms with Gasteiger partial charge in [0.15, 0.2) is 5.96 Å². The molecule has 1 aromatic heterocycles. The Bertz CT molecular complexity index is 396. The van der Waals surface area contributed by atoms with Gasteiger partial charge in [-0.05, 0) is 48.6 Å². The summed E-state index contributed by atoms with van der Waals surface area (Å²) in [4.78, 5) is 4.60. The van der Waals surface area contributed by atoms with Crippen LogP contribution in [0.4, 0.5) is 0 Å². The normalized spacial score (nSPS) is 12.9. The van der Waals surface area contributed by atoms with E-state index in [1.165, 1.54) is 5.56 Å². The van der Waals surface area contributed by atoms with Gasteiger partial charge in [0, 0.05) is 19.7 Å². The fourth-order valence-corrected chi connectivity index (χ4v) is 2.71. The Morgan fingerprint density at radius 1 is 1.32 bits per heavy atom. The van der Waals surface area contributed by atoms with Crippen molar-refractivity contribution in [1.29, 1.82) is 0 Å². The number of nitrogens with one attached hydrogen (secondary N) is 2. The Morgan fingerprint density at radius 2 is 2.09 bits per heavy atom. The van der Waals surface area contributed by atoms with Crippen LogP contribution in [-0.4, -0.2) is 31.8 Å². The largest absolute Gasteiger partial charge is 0.378 e. The standard InChI is InChI=1S/C16H29N3OS.HI/c1-5-17-16(19-11-14-8-10-21-12-14)18-9-7-15(13(3)4)20-6-2;/h8,10,12-13,15H,5-7,9,11H2,1-4H3,(H2,17,18,19);1H. The number of guanidine groups is 1. The highest BCUT2D eigenvalue weighted by atomic mass is 127. The van der Waals surface area contributed by atoms with Gasteiger partial charge in [0.25, 0.3) is 0 Å². The summed E-state index contributed by atoms with van der Waals surface area (Å²) in [5.74, 6) is 1.42. The summed E-state index contributed by atoms with van der Waals surface area (Å²) in [5.41, 5.74) is 1.26. The molecule has 0 bridgehead atoms. The molecule has 22 heavy (non-hydrogen) atoms. The van der Waals surface area contributed by atoms with Crippen LogP contribution in [0, 0.1) is 5.92 Å². The van der Waals surface area contributed by atoms with Crippen LogP contribution >= 0.6 is 35.3 Å². The van der Waals surface area contributed by atoms with E-state index in [1.54, 1.807) is 11.3 Å². The van der Waals surface area contributed by atoms with Crippen molar-refractivity contribution >= 4 is 41.3 Å². The van der Waals surface area contributed by atoms with E-state index in [4.69, 9.17) is 4.74 Å². The first-order valence-corrected chi connectivity index (χ1v) is 8.76. The molecular weight excluding hydrogens is 409 g/mol. The van der Waals surface area contributed by atoms with E-state index in [9.17, 15) is 0 Å². The Balaban J connectivity index is 0.00000441. The molecule has 0 saturated heterocycles. The third-order valence-corrected chi connectivity index (χ3v) is 3.92. The van der Waals surface area contributed by atoms with Crippen molar-refractivity contribution in [2.24, 2.45) is 10.9 Å². The Morgan fingerprint density at radius 3 is 2.64 bits per heavy atom. The zero-order valence-electron chi connectivity index (χ0n) is 14.1. The van der Waals surface area contributed by atoms with Gasteiger partial charge in [0.1, 0.15) is 0 Å².